The zero-order valence-electron chi connectivity index (χ0n) is 9.45. The van der Waals surface area contributed by atoms with E-state index in [1.54, 1.807) is 16.9 Å². The van der Waals surface area contributed by atoms with E-state index in [9.17, 15) is 8.42 Å². The Hall–Kier alpha value is 0.310. The molecule has 0 heterocycles. The Bertz CT molecular complexity index is 266. The summed E-state index contributed by atoms with van der Waals surface area (Å²) in [5, 5.41) is 0. The lowest BCUT2D eigenvalue weighted by atomic mass is 10.4. The molecule has 0 saturated heterocycles. The first-order valence-electron chi connectivity index (χ1n) is 5.14. The van der Waals surface area contributed by atoms with Crippen molar-refractivity contribution in [2.45, 2.75) is 12.8 Å². The van der Waals surface area contributed by atoms with Crippen LogP contribution in [-0.2, 0) is 22.7 Å². The van der Waals surface area contributed by atoms with Crippen molar-refractivity contribution in [3.63, 3.8) is 0 Å². The minimum absolute atomic E-state index is 0.223. The Morgan fingerprint density at radius 3 is 2.12 bits per heavy atom. The average Bonchev–Trinajstić information content (AvgIpc) is 2.30. The smallest absolute Gasteiger partial charge is 0.156 e. The highest BCUT2D eigenvalue weighted by Crippen LogP contribution is 2.22. The first kappa shape index (κ1) is 17.3. The number of hydrogen-bond acceptors (Lipinski definition) is 4. The van der Waals surface area contributed by atoms with Gasteiger partial charge in [-0.3, -0.25) is 0 Å². The van der Waals surface area contributed by atoms with Gasteiger partial charge in [-0.05, 0) is 12.8 Å². The molecule has 99 valence electrons. The molecule has 1 N–H and O–H groups in total. The largest absolute Gasteiger partial charge is 0.306 e. The van der Waals surface area contributed by atoms with Gasteiger partial charge in [0.25, 0.3) is 0 Å². The third-order valence-corrected chi connectivity index (χ3v) is 4.83. The van der Waals surface area contributed by atoms with Crippen LogP contribution in [0.25, 0.3) is 0 Å². The summed E-state index contributed by atoms with van der Waals surface area (Å²) < 4.78 is 28.8. The molecule has 0 fully saturated rings. The van der Waals surface area contributed by atoms with Crippen molar-refractivity contribution in [1.82, 2.24) is 0 Å². The van der Waals surface area contributed by atoms with Gasteiger partial charge in [0.05, 0.1) is 23.2 Å². The third-order valence-electron chi connectivity index (χ3n) is 1.56. The van der Waals surface area contributed by atoms with Crippen molar-refractivity contribution in [2.24, 2.45) is 0 Å². The van der Waals surface area contributed by atoms with Crippen molar-refractivity contribution < 1.29 is 13.0 Å². The van der Waals surface area contributed by atoms with Gasteiger partial charge >= 0.3 is 0 Å². The summed E-state index contributed by atoms with van der Waals surface area (Å²) >= 11 is -1.12. The molecule has 0 aliphatic carbocycles. The average molecular weight is 314 g/mol. The van der Waals surface area contributed by atoms with Crippen molar-refractivity contribution in [2.75, 3.05) is 23.0 Å². The molecule has 1 atom stereocenters. The molecule has 3 nitrogen and oxygen atoms in total. The minimum atomic E-state index is -1.71. The predicted molar refractivity (Wildman–Crippen MR) is 81.1 cm³/mol. The molecule has 0 aromatic carbocycles. The molecule has 7 heteroatoms. The van der Waals surface area contributed by atoms with Crippen LogP contribution < -0.4 is 0 Å². The van der Waals surface area contributed by atoms with Crippen LogP contribution in [0.1, 0.15) is 12.8 Å². The summed E-state index contributed by atoms with van der Waals surface area (Å²) in [6, 6.07) is 0. The fraction of sp³-hybridized carbons (Fsp3) is 0.600. The lowest BCUT2D eigenvalue weighted by Crippen LogP contribution is -1.89. The van der Waals surface area contributed by atoms with E-state index in [1.807, 2.05) is 29.0 Å². The monoisotopic (exact) mass is 313 g/mol. The summed E-state index contributed by atoms with van der Waals surface area (Å²) in [6.07, 6.45) is 9.54. The second kappa shape index (κ2) is 14.4. The second-order valence-electron chi connectivity index (χ2n) is 2.94. The van der Waals surface area contributed by atoms with Gasteiger partial charge in [-0.1, -0.05) is 45.9 Å². The highest BCUT2D eigenvalue weighted by atomic mass is 33.1. The van der Waals surface area contributed by atoms with Crippen LogP contribution in [-0.4, -0.2) is 36.0 Å². The first-order valence-corrected chi connectivity index (χ1v) is 9.81. The van der Waals surface area contributed by atoms with E-state index in [1.165, 1.54) is 0 Å². The molecule has 0 aromatic heterocycles. The molecule has 0 aromatic rings. The van der Waals surface area contributed by atoms with Crippen LogP contribution in [0.15, 0.2) is 24.3 Å². The third kappa shape index (κ3) is 16.3. The fourth-order valence-corrected chi connectivity index (χ4v) is 3.34. The molecular weight excluding hydrogens is 296 g/mol. The highest BCUT2D eigenvalue weighted by molar-refractivity contribution is 8.76. The van der Waals surface area contributed by atoms with E-state index in [0.717, 1.165) is 24.3 Å². The maximum atomic E-state index is 10.3. The van der Waals surface area contributed by atoms with Crippen LogP contribution in [0.5, 0.6) is 0 Å². The molecule has 0 spiro atoms. The Morgan fingerprint density at radius 1 is 1.00 bits per heavy atom. The molecule has 0 amide bonds. The lowest BCUT2D eigenvalue weighted by Gasteiger charge is -1.96. The second-order valence-corrected chi connectivity index (χ2v) is 7.18. The van der Waals surface area contributed by atoms with Crippen LogP contribution in [0, 0.1) is 0 Å². The van der Waals surface area contributed by atoms with Crippen molar-refractivity contribution in [1.29, 1.82) is 0 Å². The molecule has 17 heavy (non-hydrogen) atoms. The highest BCUT2D eigenvalue weighted by Gasteiger charge is 1.89. The molecule has 0 bridgehead atoms. The Kier molecular flexibility index (Phi) is 14.6. The van der Waals surface area contributed by atoms with Crippen LogP contribution in [0.3, 0.4) is 0 Å². The van der Waals surface area contributed by atoms with Gasteiger partial charge < -0.3 is 4.55 Å². The van der Waals surface area contributed by atoms with E-state index in [-0.39, 0.29) is 5.75 Å². The van der Waals surface area contributed by atoms with Gasteiger partial charge in [0.15, 0.2) is 11.1 Å². The normalized spacial score (nSPS) is 13.5. The zero-order valence-corrected chi connectivity index (χ0v) is 12.7. The summed E-state index contributed by atoms with van der Waals surface area (Å²) in [4.78, 5) is 0. The number of allylic oxidation sites excluding steroid dienone is 2. The molecule has 1 radical (unpaired) electrons. The van der Waals surface area contributed by atoms with Gasteiger partial charge in [0, 0.05) is 11.5 Å². The Labute approximate surface area is 117 Å². The van der Waals surface area contributed by atoms with E-state index < -0.39 is 11.1 Å². The number of hydrogen-bond donors (Lipinski definition) is 1. The topological polar surface area (TPSA) is 54.4 Å². The predicted octanol–water partition coefficient (Wildman–Crippen LogP) is 2.70. The fourth-order valence-electron chi connectivity index (χ4n) is 0.844. The van der Waals surface area contributed by atoms with Crippen LogP contribution >= 0.6 is 21.6 Å². The van der Waals surface area contributed by atoms with Crippen molar-refractivity contribution in [3.8, 4) is 0 Å². The lowest BCUT2D eigenvalue weighted by molar-refractivity contribution is 0.567. The van der Waals surface area contributed by atoms with E-state index >= 15 is 0 Å². The Balaban J connectivity index is 3.15. The molecular formula is C10H17O3S4. The maximum Gasteiger partial charge on any atom is 0.156 e. The molecule has 0 aliphatic heterocycles. The summed E-state index contributed by atoms with van der Waals surface area (Å²) in [7, 11) is 3.61. The van der Waals surface area contributed by atoms with Gasteiger partial charge in [0.1, 0.15) is 0 Å². The molecule has 0 saturated carbocycles. The molecule has 1 unspecified atom stereocenters. The standard InChI is InChI=1S/C10H17O3S4/c11-14-7-3-1-4-8-15-16-9-5-2-6-10-17(12)13/h1-3,6H,4-5,7-10H2,(H,12,13)/b3-1+,6-2+. The summed E-state index contributed by atoms with van der Waals surface area (Å²) in [5.74, 6) is 2.84. The zero-order chi connectivity index (χ0) is 12.8. The van der Waals surface area contributed by atoms with Gasteiger partial charge in [0.2, 0.25) is 0 Å². The Morgan fingerprint density at radius 2 is 1.59 bits per heavy atom. The van der Waals surface area contributed by atoms with Crippen LogP contribution in [0.2, 0.25) is 0 Å². The number of rotatable bonds is 11. The van der Waals surface area contributed by atoms with Gasteiger partial charge in [-0.2, -0.15) is 0 Å². The van der Waals surface area contributed by atoms with Crippen molar-refractivity contribution >= 4 is 44.3 Å². The molecule has 0 aliphatic rings. The van der Waals surface area contributed by atoms with Gasteiger partial charge in [-0.15, -0.1) is 0 Å². The van der Waals surface area contributed by atoms with E-state index in [2.05, 4.69) is 0 Å². The van der Waals surface area contributed by atoms with Crippen molar-refractivity contribution in [3.05, 3.63) is 24.3 Å². The first-order chi connectivity index (χ1) is 8.27. The van der Waals surface area contributed by atoms with E-state index in [0.29, 0.717) is 17.4 Å². The summed E-state index contributed by atoms with van der Waals surface area (Å²) in [6.45, 7) is 0. The molecule has 0 rings (SSSR count). The summed E-state index contributed by atoms with van der Waals surface area (Å²) in [5.41, 5.74) is 0. The maximum absolute atomic E-state index is 10.3. The van der Waals surface area contributed by atoms with Crippen LogP contribution in [0.4, 0.5) is 0 Å². The van der Waals surface area contributed by atoms with E-state index in [4.69, 9.17) is 4.55 Å². The van der Waals surface area contributed by atoms with Gasteiger partial charge in [-0.25, -0.2) is 8.42 Å². The quantitative estimate of drug-likeness (QED) is 0.275. The minimum Gasteiger partial charge on any atom is -0.306 e. The SMILES string of the molecule is O=[S]C/C=C/CCSSCC/C=C/CS(=O)O.